The van der Waals surface area contributed by atoms with Gasteiger partial charge in [0.15, 0.2) is 6.61 Å². The summed E-state index contributed by atoms with van der Waals surface area (Å²) in [5.74, 6) is -0.864. The zero-order valence-corrected chi connectivity index (χ0v) is 17.1. The fraction of sp³-hybridized carbons (Fsp3) is 0.391. The van der Waals surface area contributed by atoms with Crippen molar-refractivity contribution < 1.29 is 19.1 Å². The minimum absolute atomic E-state index is 0.147. The predicted molar refractivity (Wildman–Crippen MR) is 110 cm³/mol. The number of carbonyl (C=O) groups is 2. The largest absolute Gasteiger partial charge is 0.452 e. The molecular formula is C23H29NO4. The number of para-hydroxylation sites is 1. The van der Waals surface area contributed by atoms with Crippen LogP contribution < -0.4 is 5.32 Å². The van der Waals surface area contributed by atoms with E-state index in [9.17, 15) is 9.59 Å². The van der Waals surface area contributed by atoms with Crippen LogP contribution >= 0.6 is 0 Å². The van der Waals surface area contributed by atoms with Gasteiger partial charge in [0.25, 0.3) is 5.91 Å². The molecule has 0 aliphatic carbocycles. The minimum Gasteiger partial charge on any atom is -0.452 e. The molecule has 0 unspecified atom stereocenters. The summed E-state index contributed by atoms with van der Waals surface area (Å²) >= 11 is 0. The molecule has 0 aliphatic rings. The maximum atomic E-state index is 12.3. The van der Waals surface area contributed by atoms with Crippen molar-refractivity contribution in [3.63, 3.8) is 0 Å². The Morgan fingerprint density at radius 3 is 2.11 bits per heavy atom. The quantitative estimate of drug-likeness (QED) is 0.646. The van der Waals surface area contributed by atoms with Crippen LogP contribution in [0.15, 0.2) is 42.5 Å². The van der Waals surface area contributed by atoms with Crippen molar-refractivity contribution in [2.24, 2.45) is 0 Å². The number of carbonyl (C=O) groups excluding carboxylic acids is 2. The van der Waals surface area contributed by atoms with E-state index >= 15 is 0 Å². The number of hydrogen-bond acceptors (Lipinski definition) is 4. The zero-order chi connectivity index (χ0) is 20.5. The molecule has 0 aliphatic heterocycles. The van der Waals surface area contributed by atoms with Crippen LogP contribution in [0.1, 0.15) is 54.7 Å². The highest BCUT2D eigenvalue weighted by Crippen LogP contribution is 2.22. The van der Waals surface area contributed by atoms with Gasteiger partial charge in [0.05, 0.1) is 18.3 Å². The average Bonchev–Trinajstić information content (AvgIpc) is 2.71. The number of esters is 1. The third kappa shape index (κ3) is 6.20. The molecule has 0 aromatic heterocycles. The Kier molecular flexibility index (Phi) is 8.20. The third-order valence-electron chi connectivity index (χ3n) is 4.37. The van der Waals surface area contributed by atoms with Crippen molar-refractivity contribution in [2.75, 3.05) is 11.9 Å². The zero-order valence-electron chi connectivity index (χ0n) is 17.1. The van der Waals surface area contributed by atoms with Crippen LogP contribution in [0.4, 0.5) is 5.69 Å². The van der Waals surface area contributed by atoms with E-state index in [-0.39, 0.29) is 18.6 Å². The van der Waals surface area contributed by atoms with Gasteiger partial charge in [0.2, 0.25) is 0 Å². The molecule has 0 radical (unpaired) electrons. The van der Waals surface area contributed by atoms with Crippen LogP contribution in [0, 0.1) is 0 Å². The number of nitrogens with one attached hydrogen (secondary N) is 1. The fourth-order valence-electron chi connectivity index (χ4n) is 2.79. The summed E-state index contributed by atoms with van der Waals surface area (Å²) in [6.07, 6.45) is 1.78. The number of ether oxygens (including phenoxy) is 2. The van der Waals surface area contributed by atoms with Gasteiger partial charge in [-0.15, -0.1) is 0 Å². The molecule has 0 heterocycles. The van der Waals surface area contributed by atoms with Crippen molar-refractivity contribution in [1.29, 1.82) is 0 Å². The molecule has 1 amide bonds. The number of anilines is 1. The summed E-state index contributed by atoms with van der Waals surface area (Å²) in [5, 5.41) is 2.89. The summed E-state index contributed by atoms with van der Waals surface area (Å²) in [4.78, 5) is 24.5. The molecule has 2 rings (SSSR count). The first-order valence-corrected chi connectivity index (χ1v) is 9.72. The van der Waals surface area contributed by atoms with Gasteiger partial charge in [0.1, 0.15) is 0 Å². The SMILES string of the molecule is CCc1cccc(CC)c1NC(=O)COC(=O)c1ccc(COC(C)C)cc1. The molecule has 0 spiro atoms. The lowest BCUT2D eigenvalue weighted by Crippen LogP contribution is -2.22. The van der Waals surface area contributed by atoms with Crippen LogP contribution in [0.2, 0.25) is 0 Å². The first kappa shape index (κ1) is 21.6. The van der Waals surface area contributed by atoms with Gasteiger partial charge < -0.3 is 14.8 Å². The van der Waals surface area contributed by atoms with Gasteiger partial charge in [-0.3, -0.25) is 4.79 Å². The minimum atomic E-state index is -0.522. The highest BCUT2D eigenvalue weighted by Gasteiger charge is 2.13. The smallest absolute Gasteiger partial charge is 0.338 e. The van der Waals surface area contributed by atoms with E-state index in [4.69, 9.17) is 9.47 Å². The Labute approximate surface area is 167 Å². The van der Waals surface area contributed by atoms with E-state index in [2.05, 4.69) is 5.32 Å². The molecule has 0 bridgehead atoms. The van der Waals surface area contributed by atoms with Gasteiger partial charge in [-0.2, -0.15) is 0 Å². The van der Waals surface area contributed by atoms with Crippen LogP contribution in [0.5, 0.6) is 0 Å². The van der Waals surface area contributed by atoms with Crippen molar-refractivity contribution in [1.82, 2.24) is 0 Å². The molecule has 150 valence electrons. The highest BCUT2D eigenvalue weighted by atomic mass is 16.5. The number of amides is 1. The first-order valence-electron chi connectivity index (χ1n) is 9.72. The lowest BCUT2D eigenvalue weighted by atomic mass is 10.0. The molecular weight excluding hydrogens is 354 g/mol. The van der Waals surface area contributed by atoms with Gasteiger partial charge in [-0.1, -0.05) is 44.2 Å². The van der Waals surface area contributed by atoms with Crippen molar-refractivity contribution in [2.45, 2.75) is 53.2 Å². The van der Waals surface area contributed by atoms with Crippen LogP contribution in [0.25, 0.3) is 0 Å². The molecule has 0 saturated heterocycles. The molecule has 28 heavy (non-hydrogen) atoms. The first-order chi connectivity index (χ1) is 13.4. The molecule has 0 atom stereocenters. The van der Waals surface area contributed by atoms with E-state index in [0.29, 0.717) is 12.2 Å². The Balaban J connectivity index is 1.91. The summed E-state index contributed by atoms with van der Waals surface area (Å²) < 4.78 is 10.7. The summed E-state index contributed by atoms with van der Waals surface area (Å²) in [6.45, 7) is 8.20. The average molecular weight is 383 g/mol. The number of aryl methyl sites for hydroxylation is 2. The molecule has 5 nitrogen and oxygen atoms in total. The maximum absolute atomic E-state index is 12.3. The summed E-state index contributed by atoms with van der Waals surface area (Å²) in [6, 6.07) is 13.0. The highest BCUT2D eigenvalue weighted by molar-refractivity contribution is 5.96. The van der Waals surface area contributed by atoms with Crippen LogP contribution in [-0.4, -0.2) is 24.6 Å². The summed E-state index contributed by atoms with van der Waals surface area (Å²) in [5.41, 5.74) is 4.34. The predicted octanol–water partition coefficient (Wildman–Crippen LogP) is 4.53. The number of benzene rings is 2. The van der Waals surface area contributed by atoms with Gasteiger partial charge in [-0.05, 0) is 55.5 Å². The summed E-state index contributed by atoms with van der Waals surface area (Å²) in [7, 11) is 0. The van der Waals surface area contributed by atoms with E-state index < -0.39 is 5.97 Å². The van der Waals surface area contributed by atoms with Crippen LogP contribution in [-0.2, 0) is 33.7 Å². The van der Waals surface area contributed by atoms with Gasteiger partial charge in [0, 0.05) is 5.69 Å². The van der Waals surface area contributed by atoms with Crippen LogP contribution in [0.3, 0.4) is 0 Å². The Morgan fingerprint density at radius 1 is 0.964 bits per heavy atom. The van der Waals surface area contributed by atoms with Crippen molar-refractivity contribution in [3.8, 4) is 0 Å². The molecule has 1 N–H and O–H groups in total. The van der Waals surface area contributed by atoms with Gasteiger partial charge >= 0.3 is 5.97 Å². The van der Waals surface area contributed by atoms with Gasteiger partial charge in [-0.25, -0.2) is 4.79 Å². The second kappa shape index (κ2) is 10.6. The molecule has 0 saturated carbocycles. The molecule has 0 fully saturated rings. The Morgan fingerprint density at radius 2 is 1.57 bits per heavy atom. The van der Waals surface area contributed by atoms with Crippen molar-refractivity contribution in [3.05, 3.63) is 64.7 Å². The fourth-order valence-corrected chi connectivity index (χ4v) is 2.79. The molecule has 2 aromatic rings. The second-order valence-corrected chi connectivity index (χ2v) is 6.84. The number of hydrogen-bond donors (Lipinski definition) is 1. The Bertz CT molecular complexity index is 774. The number of rotatable bonds is 9. The maximum Gasteiger partial charge on any atom is 0.338 e. The lowest BCUT2D eigenvalue weighted by Gasteiger charge is -2.14. The standard InChI is InChI=1S/C23H29NO4/c1-5-18-8-7-9-19(6-2)22(18)24-21(25)15-28-23(26)20-12-10-17(11-13-20)14-27-16(3)4/h7-13,16H,5-6,14-15H2,1-4H3,(H,24,25). The van der Waals surface area contributed by atoms with E-state index in [1.165, 1.54) is 0 Å². The monoisotopic (exact) mass is 383 g/mol. The van der Waals surface area contributed by atoms with E-state index in [0.717, 1.165) is 35.2 Å². The van der Waals surface area contributed by atoms with E-state index in [1.807, 2.05) is 58.0 Å². The molecule has 2 aromatic carbocycles. The van der Waals surface area contributed by atoms with Crippen molar-refractivity contribution >= 4 is 17.6 Å². The Hall–Kier alpha value is -2.66. The lowest BCUT2D eigenvalue weighted by molar-refractivity contribution is -0.119. The van der Waals surface area contributed by atoms with E-state index in [1.54, 1.807) is 12.1 Å². The molecule has 5 heteroatoms. The normalized spacial score (nSPS) is 10.8. The second-order valence-electron chi connectivity index (χ2n) is 6.84. The topological polar surface area (TPSA) is 64.6 Å². The third-order valence-corrected chi connectivity index (χ3v) is 4.37.